The van der Waals surface area contributed by atoms with Crippen LogP contribution in [0.15, 0.2) is 24.3 Å². The lowest BCUT2D eigenvalue weighted by Gasteiger charge is -2.16. The zero-order valence-electron chi connectivity index (χ0n) is 7.88. The quantitative estimate of drug-likeness (QED) is 0.617. The highest BCUT2D eigenvalue weighted by Gasteiger charge is 2.16. The normalized spacial score (nSPS) is 11.3. The van der Waals surface area contributed by atoms with Crippen LogP contribution in [0.3, 0.4) is 0 Å². The van der Waals surface area contributed by atoms with E-state index in [0.717, 1.165) is 12.7 Å². The number of halogens is 1. The second kappa shape index (κ2) is 4.22. The Morgan fingerprint density at radius 1 is 1.31 bits per heavy atom. The maximum atomic E-state index is 10.7. The Balaban J connectivity index is 2.75. The van der Waals surface area contributed by atoms with Crippen molar-refractivity contribution in [1.29, 1.82) is 0 Å². The number of carbonyl (C=O) groups excluding carboxylic acids is 1. The van der Waals surface area contributed by atoms with Gasteiger partial charge in [0.15, 0.2) is 0 Å². The lowest BCUT2D eigenvalue weighted by Crippen LogP contribution is -2.16. The molecular formula is C11H13IO. The Morgan fingerprint density at radius 2 is 1.85 bits per heavy atom. The molecule has 1 aromatic rings. The molecule has 0 atom stereocenters. The molecule has 0 N–H and O–H groups in total. The number of benzene rings is 1. The maximum Gasteiger partial charge on any atom is 0.125 e. The molecule has 0 amide bonds. The van der Waals surface area contributed by atoms with Gasteiger partial charge in [0.1, 0.15) is 6.29 Å². The molecule has 0 bridgehead atoms. The highest BCUT2D eigenvalue weighted by Crippen LogP contribution is 2.19. The second-order valence-electron chi connectivity index (χ2n) is 3.91. The molecule has 0 unspecified atom stereocenters. The van der Waals surface area contributed by atoms with Crippen LogP contribution in [0.1, 0.15) is 19.4 Å². The van der Waals surface area contributed by atoms with E-state index in [1.807, 2.05) is 13.8 Å². The number of aldehydes is 1. The molecule has 0 saturated heterocycles. The average molecular weight is 288 g/mol. The van der Waals surface area contributed by atoms with Crippen molar-refractivity contribution in [2.45, 2.75) is 20.3 Å². The molecule has 0 heterocycles. The third-order valence-electron chi connectivity index (χ3n) is 1.89. The first-order chi connectivity index (χ1) is 6.03. The van der Waals surface area contributed by atoms with Crippen LogP contribution in [0.4, 0.5) is 0 Å². The molecule has 13 heavy (non-hydrogen) atoms. The van der Waals surface area contributed by atoms with Crippen LogP contribution < -0.4 is 0 Å². The Kier molecular flexibility index (Phi) is 3.47. The summed E-state index contributed by atoms with van der Waals surface area (Å²) in [6.07, 6.45) is 1.83. The minimum Gasteiger partial charge on any atom is -0.303 e. The Hall–Kier alpha value is -0.380. The number of hydrogen-bond donors (Lipinski definition) is 0. The van der Waals surface area contributed by atoms with Gasteiger partial charge in [0.05, 0.1) is 0 Å². The minimum absolute atomic E-state index is 0.243. The van der Waals surface area contributed by atoms with Crippen molar-refractivity contribution in [3.63, 3.8) is 0 Å². The number of hydrogen-bond acceptors (Lipinski definition) is 1. The maximum absolute atomic E-state index is 10.7. The SMILES string of the molecule is CC(C)(C=O)Cc1ccc(I)cc1. The van der Waals surface area contributed by atoms with Gasteiger partial charge in [-0.25, -0.2) is 0 Å². The summed E-state index contributed by atoms with van der Waals surface area (Å²) in [5.74, 6) is 0. The van der Waals surface area contributed by atoms with Crippen molar-refractivity contribution in [2.24, 2.45) is 5.41 Å². The van der Waals surface area contributed by atoms with Crippen LogP contribution in [0.2, 0.25) is 0 Å². The number of rotatable bonds is 3. The van der Waals surface area contributed by atoms with Gasteiger partial charge < -0.3 is 4.79 Å². The first-order valence-corrected chi connectivity index (χ1v) is 5.32. The molecule has 70 valence electrons. The minimum atomic E-state index is -0.243. The molecule has 0 fully saturated rings. The van der Waals surface area contributed by atoms with Crippen LogP contribution in [-0.4, -0.2) is 6.29 Å². The smallest absolute Gasteiger partial charge is 0.125 e. The van der Waals surface area contributed by atoms with E-state index in [-0.39, 0.29) is 5.41 Å². The summed E-state index contributed by atoms with van der Waals surface area (Å²) < 4.78 is 1.23. The Labute approximate surface area is 92.7 Å². The summed E-state index contributed by atoms with van der Waals surface area (Å²) in [5, 5.41) is 0. The van der Waals surface area contributed by atoms with E-state index in [2.05, 4.69) is 46.9 Å². The lowest BCUT2D eigenvalue weighted by molar-refractivity contribution is -0.114. The zero-order valence-corrected chi connectivity index (χ0v) is 10.0. The first kappa shape index (κ1) is 10.7. The van der Waals surface area contributed by atoms with Gasteiger partial charge >= 0.3 is 0 Å². The fraction of sp³-hybridized carbons (Fsp3) is 0.364. The summed E-state index contributed by atoms with van der Waals surface area (Å²) in [6.45, 7) is 3.91. The molecule has 1 aromatic carbocycles. The molecule has 2 heteroatoms. The third-order valence-corrected chi connectivity index (χ3v) is 2.61. The van der Waals surface area contributed by atoms with E-state index in [1.54, 1.807) is 0 Å². The van der Waals surface area contributed by atoms with E-state index in [0.29, 0.717) is 0 Å². The van der Waals surface area contributed by atoms with Gasteiger partial charge in [-0.2, -0.15) is 0 Å². The first-order valence-electron chi connectivity index (χ1n) is 4.24. The fourth-order valence-electron chi connectivity index (χ4n) is 1.17. The van der Waals surface area contributed by atoms with Crippen molar-refractivity contribution < 1.29 is 4.79 Å². The highest BCUT2D eigenvalue weighted by atomic mass is 127. The zero-order chi connectivity index (χ0) is 9.90. The van der Waals surface area contributed by atoms with Gasteiger partial charge in [-0.1, -0.05) is 26.0 Å². The van der Waals surface area contributed by atoms with E-state index >= 15 is 0 Å². The third kappa shape index (κ3) is 3.46. The summed E-state index contributed by atoms with van der Waals surface area (Å²) >= 11 is 2.27. The molecule has 0 aliphatic heterocycles. The predicted octanol–water partition coefficient (Wildman–Crippen LogP) is 3.06. The molecule has 0 aliphatic rings. The standard InChI is InChI=1S/C11H13IO/c1-11(2,8-13)7-9-3-5-10(12)6-4-9/h3-6,8H,7H2,1-2H3. The van der Waals surface area contributed by atoms with Crippen LogP contribution in [0.5, 0.6) is 0 Å². The Morgan fingerprint density at radius 3 is 2.31 bits per heavy atom. The molecule has 0 aromatic heterocycles. The summed E-state index contributed by atoms with van der Waals surface area (Å²) in [5.41, 5.74) is 0.977. The number of carbonyl (C=O) groups is 1. The molecular weight excluding hydrogens is 275 g/mol. The van der Waals surface area contributed by atoms with Gasteiger partial charge in [0, 0.05) is 8.99 Å². The van der Waals surface area contributed by atoms with E-state index < -0.39 is 0 Å². The topological polar surface area (TPSA) is 17.1 Å². The molecule has 0 spiro atoms. The van der Waals surface area contributed by atoms with Crippen LogP contribution in [0, 0.1) is 8.99 Å². The summed E-state index contributed by atoms with van der Waals surface area (Å²) in [4.78, 5) is 10.7. The molecule has 1 rings (SSSR count). The largest absolute Gasteiger partial charge is 0.303 e. The summed E-state index contributed by atoms with van der Waals surface area (Å²) in [7, 11) is 0. The monoisotopic (exact) mass is 288 g/mol. The van der Waals surface area contributed by atoms with Crippen LogP contribution >= 0.6 is 22.6 Å². The van der Waals surface area contributed by atoms with E-state index in [9.17, 15) is 4.79 Å². The van der Waals surface area contributed by atoms with Crippen molar-refractivity contribution in [2.75, 3.05) is 0 Å². The van der Waals surface area contributed by atoms with Gasteiger partial charge in [0.2, 0.25) is 0 Å². The van der Waals surface area contributed by atoms with Gasteiger partial charge in [-0.05, 0) is 46.7 Å². The molecule has 0 radical (unpaired) electrons. The predicted molar refractivity (Wildman–Crippen MR) is 62.7 cm³/mol. The van der Waals surface area contributed by atoms with Crippen molar-refractivity contribution in [3.05, 3.63) is 33.4 Å². The van der Waals surface area contributed by atoms with E-state index in [1.165, 1.54) is 9.13 Å². The molecule has 0 saturated carbocycles. The average Bonchev–Trinajstić information content (AvgIpc) is 2.09. The Bertz CT molecular complexity index is 287. The highest BCUT2D eigenvalue weighted by molar-refractivity contribution is 14.1. The summed E-state index contributed by atoms with van der Waals surface area (Å²) in [6, 6.07) is 8.29. The lowest BCUT2D eigenvalue weighted by atomic mass is 9.87. The van der Waals surface area contributed by atoms with Crippen LogP contribution in [-0.2, 0) is 11.2 Å². The molecule has 0 aliphatic carbocycles. The second-order valence-corrected chi connectivity index (χ2v) is 5.16. The van der Waals surface area contributed by atoms with Crippen molar-refractivity contribution in [1.82, 2.24) is 0 Å². The fourth-order valence-corrected chi connectivity index (χ4v) is 1.53. The van der Waals surface area contributed by atoms with Gasteiger partial charge in [-0.3, -0.25) is 0 Å². The van der Waals surface area contributed by atoms with Crippen molar-refractivity contribution in [3.8, 4) is 0 Å². The van der Waals surface area contributed by atoms with Crippen molar-refractivity contribution >= 4 is 28.9 Å². The van der Waals surface area contributed by atoms with Gasteiger partial charge in [-0.15, -0.1) is 0 Å². The van der Waals surface area contributed by atoms with Crippen LogP contribution in [0.25, 0.3) is 0 Å². The van der Waals surface area contributed by atoms with E-state index in [4.69, 9.17) is 0 Å². The van der Waals surface area contributed by atoms with Gasteiger partial charge in [0.25, 0.3) is 0 Å². The molecule has 1 nitrogen and oxygen atoms in total.